The summed E-state index contributed by atoms with van der Waals surface area (Å²) in [5.74, 6) is -0.213. The maximum atomic E-state index is 12.2. The van der Waals surface area contributed by atoms with Crippen LogP contribution in [-0.2, 0) is 14.8 Å². The van der Waals surface area contributed by atoms with Gasteiger partial charge in [-0.2, -0.15) is 0 Å². The highest BCUT2D eigenvalue weighted by atomic mass is 32.2. The summed E-state index contributed by atoms with van der Waals surface area (Å²) >= 11 is 0. The molecule has 0 heterocycles. The van der Waals surface area contributed by atoms with Crippen LogP contribution in [0.2, 0.25) is 0 Å². The first kappa shape index (κ1) is 16.7. The predicted octanol–water partition coefficient (Wildman–Crippen LogP) is 2.23. The Morgan fingerprint density at radius 2 is 1.95 bits per heavy atom. The topological polar surface area (TPSA) is 66.5 Å². The smallest absolute Gasteiger partial charge is 0.242 e. The second-order valence-corrected chi connectivity index (χ2v) is 7.19. The zero-order valence-corrected chi connectivity index (χ0v) is 13.4. The van der Waals surface area contributed by atoms with Gasteiger partial charge in [-0.1, -0.05) is 19.9 Å². The van der Waals surface area contributed by atoms with Gasteiger partial charge in [-0.15, -0.1) is 0 Å². The Morgan fingerprint density at radius 3 is 2.45 bits per heavy atom. The first-order valence-electron chi connectivity index (χ1n) is 6.54. The number of carbonyl (C=O) groups is 1. The minimum atomic E-state index is -3.51. The molecule has 0 bridgehead atoms. The number of anilines is 1. The number of benzene rings is 1. The lowest BCUT2D eigenvalue weighted by Crippen LogP contribution is -2.24. The van der Waals surface area contributed by atoms with Gasteiger partial charge in [-0.25, -0.2) is 12.7 Å². The van der Waals surface area contributed by atoms with Crippen LogP contribution in [0.1, 0.15) is 25.8 Å². The molecule has 6 heteroatoms. The fraction of sp³-hybridized carbons (Fsp3) is 0.500. The van der Waals surface area contributed by atoms with Crippen molar-refractivity contribution in [3.63, 3.8) is 0 Å². The fourth-order valence-electron chi connectivity index (χ4n) is 1.60. The summed E-state index contributed by atoms with van der Waals surface area (Å²) in [7, 11) is -0.539. The Bertz CT molecular complexity index is 594. The monoisotopic (exact) mass is 298 g/mol. The van der Waals surface area contributed by atoms with Crippen LogP contribution < -0.4 is 5.32 Å². The molecule has 1 aromatic carbocycles. The maximum Gasteiger partial charge on any atom is 0.242 e. The summed E-state index contributed by atoms with van der Waals surface area (Å²) in [5.41, 5.74) is 1.15. The van der Waals surface area contributed by atoms with Crippen LogP contribution in [0.5, 0.6) is 0 Å². The van der Waals surface area contributed by atoms with E-state index in [0.717, 1.165) is 10.7 Å². The normalized spacial score (nSPS) is 13.3. The van der Waals surface area contributed by atoms with Crippen LogP contribution >= 0.6 is 0 Å². The third-order valence-corrected chi connectivity index (χ3v) is 5.23. The molecule has 112 valence electrons. The van der Waals surface area contributed by atoms with E-state index in [4.69, 9.17) is 0 Å². The zero-order valence-electron chi connectivity index (χ0n) is 12.6. The molecule has 0 aliphatic heterocycles. The van der Waals surface area contributed by atoms with E-state index < -0.39 is 10.0 Å². The average molecular weight is 298 g/mol. The van der Waals surface area contributed by atoms with Crippen LogP contribution in [0.4, 0.5) is 5.69 Å². The number of rotatable bonds is 5. The quantitative estimate of drug-likeness (QED) is 0.906. The van der Waals surface area contributed by atoms with E-state index in [0.29, 0.717) is 11.3 Å². The highest BCUT2D eigenvalue weighted by Gasteiger charge is 2.20. The number of nitrogens with one attached hydrogen (secondary N) is 1. The van der Waals surface area contributed by atoms with E-state index >= 15 is 0 Å². The van der Waals surface area contributed by atoms with Crippen molar-refractivity contribution < 1.29 is 13.2 Å². The minimum Gasteiger partial charge on any atom is -0.326 e. The van der Waals surface area contributed by atoms with Gasteiger partial charge >= 0.3 is 0 Å². The molecule has 0 aliphatic rings. The largest absolute Gasteiger partial charge is 0.326 e. The van der Waals surface area contributed by atoms with Crippen LogP contribution in [-0.4, -0.2) is 32.7 Å². The molecule has 1 N–H and O–H groups in total. The van der Waals surface area contributed by atoms with E-state index in [1.165, 1.54) is 20.2 Å². The summed E-state index contributed by atoms with van der Waals surface area (Å²) in [5, 5.41) is 2.75. The molecule has 0 saturated carbocycles. The lowest BCUT2D eigenvalue weighted by molar-refractivity contribution is -0.119. The summed E-state index contributed by atoms with van der Waals surface area (Å²) in [6, 6.07) is 4.91. The van der Waals surface area contributed by atoms with E-state index in [1.54, 1.807) is 19.1 Å². The van der Waals surface area contributed by atoms with E-state index in [1.807, 2.05) is 13.8 Å². The highest BCUT2D eigenvalue weighted by molar-refractivity contribution is 7.89. The van der Waals surface area contributed by atoms with Crippen LogP contribution in [0.25, 0.3) is 0 Å². The molecule has 0 aromatic heterocycles. The number of amides is 1. The lowest BCUT2D eigenvalue weighted by Gasteiger charge is -2.16. The van der Waals surface area contributed by atoms with Gasteiger partial charge in [-0.05, 0) is 31.0 Å². The van der Waals surface area contributed by atoms with Gasteiger partial charge < -0.3 is 5.32 Å². The molecule has 0 aliphatic carbocycles. The summed E-state index contributed by atoms with van der Waals surface area (Å²) < 4.78 is 25.6. The first-order valence-corrected chi connectivity index (χ1v) is 7.98. The Morgan fingerprint density at radius 1 is 1.35 bits per heavy atom. The molecule has 1 aromatic rings. The van der Waals surface area contributed by atoms with Crippen molar-refractivity contribution in [2.24, 2.45) is 5.92 Å². The van der Waals surface area contributed by atoms with Crippen molar-refractivity contribution in [3.05, 3.63) is 23.8 Å². The average Bonchev–Trinajstić information content (AvgIpc) is 2.39. The second kappa shape index (κ2) is 6.37. The number of aryl methyl sites for hydroxylation is 1. The van der Waals surface area contributed by atoms with Crippen molar-refractivity contribution in [2.75, 3.05) is 19.4 Å². The molecule has 0 spiro atoms. The third kappa shape index (κ3) is 3.58. The van der Waals surface area contributed by atoms with E-state index in [-0.39, 0.29) is 16.7 Å². The van der Waals surface area contributed by atoms with Crippen molar-refractivity contribution in [1.82, 2.24) is 4.31 Å². The third-order valence-electron chi connectivity index (χ3n) is 3.27. The van der Waals surface area contributed by atoms with Crippen molar-refractivity contribution in [3.8, 4) is 0 Å². The summed E-state index contributed by atoms with van der Waals surface area (Å²) in [4.78, 5) is 12.1. The predicted molar refractivity (Wildman–Crippen MR) is 80.1 cm³/mol. The highest BCUT2D eigenvalue weighted by Crippen LogP contribution is 2.22. The van der Waals surface area contributed by atoms with Gasteiger partial charge in [0.1, 0.15) is 0 Å². The van der Waals surface area contributed by atoms with Gasteiger partial charge in [0.15, 0.2) is 0 Å². The molecule has 1 rings (SSSR count). The zero-order chi connectivity index (χ0) is 15.5. The lowest BCUT2D eigenvalue weighted by atomic mass is 10.1. The van der Waals surface area contributed by atoms with Crippen molar-refractivity contribution in [2.45, 2.75) is 32.1 Å². The standard InChI is InChI=1S/C14H22N2O3S/c1-6-10(2)14(17)15-12-8-7-11(3)13(9-12)20(18,19)16(4)5/h7-10H,6H2,1-5H3,(H,15,17)/t10-/m0/s1. The molecule has 1 atom stereocenters. The number of sulfonamides is 1. The number of hydrogen-bond acceptors (Lipinski definition) is 3. The van der Waals surface area contributed by atoms with Crippen molar-refractivity contribution in [1.29, 1.82) is 0 Å². The number of hydrogen-bond donors (Lipinski definition) is 1. The van der Waals surface area contributed by atoms with Crippen LogP contribution in [0.3, 0.4) is 0 Å². The van der Waals surface area contributed by atoms with E-state index in [9.17, 15) is 13.2 Å². The van der Waals surface area contributed by atoms with Crippen LogP contribution in [0.15, 0.2) is 23.1 Å². The molecule has 5 nitrogen and oxygen atoms in total. The molecular formula is C14H22N2O3S. The van der Waals surface area contributed by atoms with Crippen molar-refractivity contribution >= 4 is 21.6 Å². The summed E-state index contributed by atoms with van der Waals surface area (Å²) in [6.07, 6.45) is 0.737. The first-order chi connectivity index (χ1) is 9.20. The molecule has 0 saturated heterocycles. The fourth-order valence-corrected chi connectivity index (χ4v) is 2.75. The molecule has 0 radical (unpaired) electrons. The number of nitrogens with zero attached hydrogens (tertiary/aromatic N) is 1. The molecule has 0 unspecified atom stereocenters. The summed E-state index contributed by atoms with van der Waals surface area (Å²) in [6.45, 7) is 5.50. The van der Waals surface area contributed by atoms with E-state index in [2.05, 4.69) is 5.32 Å². The molecule has 1 amide bonds. The Balaban J connectivity index is 3.13. The molecule has 20 heavy (non-hydrogen) atoms. The molecular weight excluding hydrogens is 276 g/mol. The Labute approximate surface area is 121 Å². The molecule has 0 fully saturated rings. The van der Waals surface area contributed by atoms with Gasteiger partial charge in [0.2, 0.25) is 15.9 Å². The SMILES string of the molecule is CC[C@H](C)C(=O)Nc1ccc(C)c(S(=O)(=O)N(C)C)c1. The second-order valence-electron chi connectivity index (χ2n) is 5.07. The van der Waals surface area contributed by atoms with Crippen LogP contribution in [0, 0.1) is 12.8 Å². The van der Waals surface area contributed by atoms with Gasteiger partial charge in [0, 0.05) is 25.7 Å². The maximum absolute atomic E-state index is 12.2. The Hall–Kier alpha value is -1.40. The van der Waals surface area contributed by atoms with Gasteiger partial charge in [0.25, 0.3) is 0 Å². The minimum absolute atomic E-state index is 0.106. The Kier molecular flexibility index (Phi) is 5.30. The van der Waals surface area contributed by atoms with Gasteiger partial charge in [-0.3, -0.25) is 4.79 Å². The number of carbonyl (C=O) groups excluding carboxylic acids is 1. The van der Waals surface area contributed by atoms with Gasteiger partial charge in [0.05, 0.1) is 4.90 Å².